The quantitative estimate of drug-likeness (QED) is 0.690. The fourth-order valence-electron chi connectivity index (χ4n) is 2.40. The van der Waals surface area contributed by atoms with E-state index >= 15 is 0 Å². The first-order valence-corrected chi connectivity index (χ1v) is 7.07. The minimum absolute atomic E-state index is 0.0502. The van der Waals surface area contributed by atoms with Gasteiger partial charge in [-0.3, -0.25) is 9.78 Å². The average Bonchev–Trinajstić information content (AvgIpc) is 2.85. The molecule has 2 heterocycles. The maximum atomic E-state index is 12.3. The summed E-state index contributed by atoms with van der Waals surface area (Å²) >= 11 is 6.16. The molecule has 0 radical (unpaired) electrons. The second-order valence-electron chi connectivity index (χ2n) is 4.98. The number of ketones is 1. The minimum atomic E-state index is -0.970. The number of carbonyl (C=O) groups excluding carboxylic acids is 1. The summed E-state index contributed by atoms with van der Waals surface area (Å²) in [5.74, 6) is -0.0502. The van der Waals surface area contributed by atoms with Gasteiger partial charge in [-0.2, -0.15) is 0 Å². The summed E-state index contributed by atoms with van der Waals surface area (Å²) in [5.41, 5.74) is 2.90. The predicted molar refractivity (Wildman–Crippen MR) is 80.7 cm³/mol. The number of aromatic nitrogens is 1. The van der Waals surface area contributed by atoms with Crippen molar-refractivity contribution < 1.29 is 14.5 Å². The third-order valence-corrected chi connectivity index (χ3v) is 3.87. The molecule has 106 valence electrons. The van der Waals surface area contributed by atoms with E-state index in [4.69, 9.17) is 16.3 Å². The van der Waals surface area contributed by atoms with Crippen molar-refractivity contribution in [2.45, 2.75) is 19.4 Å². The van der Waals surface area contributed by atoms with E-state index in [1.807, 2.05) is 12.1 Å². The van der Waals surface area contributed by atoms with Gasteiger partial charge in [-0.25, -0.2) is 0 Å². The van der Waals surface area contributed by atoms with Crippen molar-refractivity contribution in [1.29, 1.82) is 0 Å². The maximum absolute atomic E-state index is 12.3. The first-order chi connectivity index (χ1) is 10.1. The lowest BCUT2D eigenvalue weighted by Gasteiger charge is -2.07. The van der Waals surface area contributed by atoms with Crippen LogP contribution < -0.4 is 5.46 Å². The van der Waals surface area contributed by atoms with E-state index in [9.17, 15) is 9.82 Å². The summed E-state index contributed by atoms with van der Waals surface area (Å²) in [7, 11) is -0.970. The number of fused-ring (bicyclic) bond motifs is 1. The molecule has 1 aliphatic rings. The normalized spacial score (nSPS) is 13.3. The Kier molecular flexibility index (Phi) is 4.06. The van der Waals surface area contributed by atoms with Crippen LogP contribution in [-0.4, -0.2) is 22.9 Å². The summed E-state index contributed by atoms with van der Waals surface area (Å²) in [4.78, 5) is 16.3. The zero-order chi connectivity index (χ0) is 14.8. The summed E-state index contributed by atoms with van der Waals surface area (Å²) in [6, 6.07) is 7.11. The smallest absolute Gasteiger partial charge is 0.423 e. The molecule has 1 N–H and O–H groups in total. The number of pyridine rings is 1. The lowest BCUT2D eigenvalue weighted by molar-refractivity contribution is 0.0983. The van der Waals surface area contributed by atoms with Gasteiger partial charge in [-0.1, -0.05) is 17.7 Å². The number of hydrogen-bond donors (Lipinski definition) is 1. The third-order valence-electron chi connectivity index (χ3n) is 3.56. The van der Waals surface area contributed by atoms with Crippen LogP contribution in [-0.2, 0) is 17.7 Å². The number of benzene rings is 1. The fraction of sp³-hybridized carbons (Fsp3) is 0.200. The largest absolute Gasteiger partial charge is 0.491 e. The van der Waals surface area contributed by atoms with Crippen LogP contribution >= 0.6 is 11.6 Å². The molecule has 0 bridgehead atoms. The topological polar surface area (TPSA) is 59.4 Å². The number of Topliss-reactive ketones (excluding diaryl/α,β-unsaturated/α-hetero) is 1. The molecule has 0 amide bonds. The molecule has 1 aliphatic heterocycles. The van der Waals surface area contributed by atoms with E-state index in [1.165, 1.54) is 0 Å². The molecule has 0 saturated heterocycles. The lowest BCUT2D eigenvalue weighted by Crippen LogP contribution is -2.29. The van der Waals surface area contributed by atoms with E-state index in [-0.39, 0.29) is 5.78 Å². The van der Waals surface area contributed by atoms with E-state index in [1.54, 1.807) is 24.5 Å². The zero-order valence-corrected chi connectivity index (χ0v) is 12.0. The highest BCUT2D eigenvalue weighted by Gasteiger charge is 2.29. The molecule has 6 heteroatoms. The van der Waals surface area contributed by atoms with Crippen molar-refractivity contribution in [2.75, 3.05) is 0 Å². The average molecular weight is 302 g/mol. The first kappa shape index (κ1) is 14.3. The van der Waals surface area contributed by atoms with E-state index in [0.29, 0.717) is 35.5 Å². The van der Waals surface area contributed by atoms with Crippen LogP contribution in [0.15, 0.2) is 36.7 Å². The molecule has 0 aliphatic carbocycles. The van der Waals surface area contributed by atoms with Gasteiger partial charge in [0.25, 0.3) is 0 Å². The van der Waals surface area contributed by atoms with Crippen LogP contribution in [0.5, 0.6) is 0 Å². The Labute approximate surface area is 127 Å². The molecule has 1 aromatic heterocycles. The summed E-state index contributed by atoms with van der Waals surface area (Å²) in [6.07, 6.45) is 4.40. The molecule has 0 spiro atoms. The Morgan fingerprint density at radius 1 is 1.48 bits per heavy atom. The van der Waals surface area contributed by atoms with Gasteiger partial charge in [-0.15, -0.1) is 0 Å². The van der Waals surface area contributed by atoms with E-state index in [0.717, 1.165) is 11.1 Å². The second-order valence-corrected chi connectivity index (χ2v) is 5.39. The Balaban J connectivity index is 1.77. The Bertz CT molecular complexity index is 678. The molecule has 2 aromatic rings. The van der Waals surface area contributed by atoms with Gasteiger partial charge >= 0.3 is 7.12 Å². The van der Waals surface area contributed by atoms with Crippen molar-refractivity contribution in [3.8, 4) is 0 Å². The van der Waals surface area contributed by atoms with Gasteiger partial charge in [0, 0.05) is 24.4 Å². The molecule has 0 unspecified atom stereocenters. The Morgan fingerprint density at radius 2 is 2.33 bits per heavy atom. The zero-order valence-electron chi connectivity index (χ0n) is 11.3. The summed E-state index contributed by atoms with van der Waals surface area (Å²) in [6.45, 7) is 0.320. The number of carbonyl (C=O) groups is 1. The van der Waals surface area contributed by atoms with Crippen LogP contribution in [0, 0.1) is 0 Å². The molecule has 3 rings (SSSR count). The number of nitrogens with zero attached hydrogens (tertiary/aromatic N) is 1. The highest BCUT2D eigenvalue weighted by molar-refractivity contribution is 6.61. The summed E-state index contributed by atoms with van der Waals surface area (Å²) in [5, 5.41) is 10.1. The van der Waals surface area contributed by atoms with Crippen LogP contribution in [0.4, 0.5) is 0 Å². The van der Waals surface area contributed by atoms with Crippen molar-refractivity contribution >= 4 is 30.0 Å². The van der Waals surface area contributed by atoms with Crippen LogP contribution in [0.1, 0.15) is 27.9 Å². The van der Waals surface area contributed by atoms with Crippen molar-refractivity contribution in [3.05, 3.63) is 58.4 Å². The van der Waals surface area contributed by atoms with Gasteiger partial charge < -0.3 is 9.68 Å². The van der Waals surface area contributed by atoms with Gasteiger partial charge in [-0.05, 0) is 41.2 Å². The maximum Gasteiger partial charge on any atom is 0.491 e. The SMILES string of the molecule is O=C(CCc1cccnc1)c1cc2c(cc1Cl)COB2O. The molecular formula is C15H13BClNO3. The van der Waals surface area contributed by atoms with Gasteiger partial charge in [0.05, 0.1) is 11.6 Å². The Morgan fingerprint density at radius 3 is 3.10 bits per heavy atom. The molecule has 21 heavy (non-hydrogen) atoms. The second kappa shape index (κ2) is 5.97. The van der Waals surface area contributed by atoms with Gasteiger partial charge in [0.2, 0.25) is 0 Å². The van der Waals surface area contributed by atoms with Crippen molar-refractivity contribution in [2.24, 2.45) is 0 Å². The van der Waals surface area contributed by atoms with Gasteiger partial charge in [0.15, 0.2) is 5.78 Å². The standard InChI is InChI=1S/C15H13BClNO3/c17-14-6-11-9-21-16(20)13(11)7-12(14)15(19)4-3-10-2-1-5-18-8-10/h1-2,5-8,20H,3-4,9H2. The van der Waals surface area contributed by atoms with E-state index < -0.39 is 7.12 Å². The molecule has 4 nitrogen and oxygen atoms in total. The third kappa shape index (κ3) is 3.00. The predicted octanol–water partition coefficient (Wildman–Crippen LogP) is 1.77. The Hall–Kier alpha value is -1.69. The molecular weight excluding hydrogens is 288 g/mol. The number of hydrogen-bond acceptors (Lipinski definition) is 4. The molecule has 1 aromatic carbocycles. The molecule has 0 fully saturated rings. The number of aryl methyl sites for hydroxylation is 1. The number of halogens is 1. The number of rotatable bonds is 4. The fourth-order valence-corrected chi connectivity index (χ4v) is 2.69. The van der Waals surface area contributed by atoms with E-state index in [2.05, 4.69) is 4.98 Å². The highest BCUT2D eigenvalue weighted by Crippen LogP contribution is 2.22. The lowest BCUT2D eigenvalue weighted by atomic mass is 9.78. The minimum Gasteiger partial charge on any atom is -0.423 e. The van der Waals surface area contributed by atoms with Crippen molar-refractivity contribution in [1.82, 2.24) is 4.98 Å². The van der Waals surface area contributed by atoms with Crippen LogP contribution in [0.2, 0.25) is 5.02 Å². The van der Waals surface area contributed by atoms with Crippen LogP contribution in [0.3, 0.4) is 0 Å². The highest BCUT2D eigenvalue weighted by atomic mass is 35.5. The summed E-state index contributed by atoms with van der Waals surface area (Å²) < 4.78 is 5.12. The first-order valence-electron chi connectivity index (χ1n) is 6.69. The van der Waals surface area contributed by atoms with Gasteiger partial charge in [0.1, 0.15) is 0 Å². The monoisotopic (exact) mass is 301 g/mol. The molecule has 0 atom stereocenters. The molecule has 0 saturated carbocycles. The van der Waals surface area contributed by atoms with Crippen molar-refractivity contribution in [3.63, 3.8) is 0 Å². The van der Waals surface area contributed by atoms with Crippen LogP contribution in [0.25, 0.3) is 0 Å².